The van der Waals surface area contributed by atoms with Crippen LogP contribution in [0.15, 0.2) is 43.1 Å². The molecule has 2 amide bonds. The number of ketones is 1. The number of nitrogens with zero attached hydrogens (tertiary/aromatic N) is 2. The van der Waals surface area contributed by atoms with Crippen molar-refractivity contribution in [1.29, 1.82) is 0 Å². The standard InChI is InChI=1S/C37H45N3O8S/c1-2-26-20-37(26,36(44)39-49(45,46)28-12-13-28)21-32(41)31-18-27-22-40(31)35(43)30(24-8-6-9-24)19-33(42)47-16-5-3-4-7-23-10-11-25-14-15-38-34(48-27)29(25)17-23/h2,10-11,14-15,17,24,26-28,30-31H,1,3-9,12-13,16,18-22H2,(H,39,44)/t26-,27-,30+,31+,37-/m1/s1. The molecule has 3 heterocycles. The number of pyridine rings is 1. The minimum absolute atomic E-state index is 0.0119. The van der Waals surface area contributed by atoms with E-state index in [2.05, 4.69) is 28.4 Å². The Hall–Kier alpha value is -3.80. The van der Waals surface area contributed by atoms with Gasteiger partial charge in [-0.05, 0) is 92.7 Å². The molecule has 49 heavy (non-hydrogen) atoms. The van der Waals surface area contributed by atoms with Gasteiger partial charge >= 0.3 is 5.97 Å². The molecule has 5 atom stereocenters. The number of sulfonamides is 1. The molecule has 1 N–H and O–H groups in total. The normalized spacial score (nSPS) is 29.7. The molecule has 4 fully saturated rings. The van der Waals surface area contributed by atoms with Gasteiger partial charge in [0.25, 0.3) is 0 Å². The summed E-state index contributed by atoms with van der Waals surface area (Å²) >= 11 is 0. The maximum atomic E-state index is 14.4. The van der Waals surface area contributed by atoms with Crippen LogP contribution in [-0.2, 0) is 40.4 Å². The molecular weight excluding hydrogens is 646 g/mol. The largest absolute Gasteiger partial charge is 0.472 e. The van der Waals surface area contributed by atoms with Crippen LogP contribution in [0.5, 0.6) is 5.88 Å². The molecule has 0 spiro atoms. The minimum atomic E-state index is -3.82. The van der Waals surface area contributed by atoms with Crippen molar-refractivity contribution < 1.29 is 37.1 Å². The van der Waals surface area contributed by atoms with Crippen LogP contribution in [0.1, 0.15) is 82.6 Å². The number of fused-ring (bicyclic) bond motifs is 3. The predicted molar refractivity (Wildman–Crippen MR) is 181 cm³/mol. The number of aryl methyl sites for hydroxylation is 1. The van der Waals surface area contributed by atoms with Gasteiger partial charge in [0.1, 0.15) is 6.10 Å². The van der Waals surface area contributed by atoms with Crippen molar-refractivity contribution in [3.63, 3.8) is 0 Å². The lowest BCUT2D eigenvalue weighted by Gasteiger charge is -2.36. The van der Waals surface area contributed by atoms with Gasteiger partial charge in [-0.3, -0.25) is 23.9 Å². The highest BCUT2D eigenvalue weighted by Gasteiger charge is 2.61. The van der Waals surface area contributed by atoms with Crippen LogP contribution < -0.4 is 9.46 Å². The molecule has 11 nitrogen and oxygen atoms in total. The summed E-state index contributed by atoms with van der Waals surface area (Å²) in [5.74, 6) is -2.28. The van der Waals surface area contributed by atoms with Crippen molar-refractivity contribution in [2.24, 2.45) is 23.2 Å². The number of allylic oxidation sites excluding steroid dienone is 1. The molecule has 5 aliphatic rings. The second-order valence-corrected chi connectivity index (χ2v) is 16.7. The number of carbonyl (C=O) groups excluding carboxylic acids is 4. The second kappa shape index (κ2) is 13.5. The maximum Gasteiger partial charge on any atom is 0.306 e. The lowest BCUT2D eigenvalue weighted by atomic mass is 9.73. The summed E-state index contributed by atoms with van der Waals surface area (Å²) in [7, 11) is -3.82. The Balaban J connectivity index is 1.19. The highest BCUT2D eigenvalue weighted by atomic mass is 32.2. The van der Waals surface area contributed by atoms with E-state index in [0.29, 0.717) is 31.7 Å². The number of carbonyl (C=O) groups is 4. The molecule has 0 unspecified atom stereocenters. The fourth-order valence-corrected chi connectivity index (χ4v) is 9.26. The van der Waals surface area contributed by atoms with Gasteiger partial charge in [0.2, 0.25) is 27.7 Å². The molecule has 3 aliphatic carbocycles. The number of benzene rings is 1. The Morgan fingerprint density at radius 2 is 1.90 bits per heavy atom. The van der Waals surface area contributed by atoms with Gasteiger partial charge in [0, 0.05) is 24.4 Å². The topological polar surface area (TPSA) is 149 Å². The van der Waals surface area contributed by atoms with E-state index in [1.807, 2.05) is 12.1 Å². The molecule has 7 rings (SSSR count). The van der Waals surface area contributed by atoms with Crippen LogP contribution in [0.2, 0.25) is 0 Å². The minimum Gasteiger partial charge on any atom is -0.472 e. The molecule has 2 aromatic rings. The highest BCUT2D eigenvalue weighted by molar-refractivity contribution is 7.90. The summed E-state index contributed by atoms with van der Waals surface area (Å²) in [4.78, 5) is 61.4. The Morgan fingerprint density at radius 1 is 1.08 bits per heavy atom. The van der Waals surface area contributed by atoms with Crippen LogP contribution in [0, 0.1) is 23.2 Å². The van der Waals surface area contributed by atoms with Gasteiger partial charge in [0.15, 0.2) is 5.78 Å². The molecule has 262 valence electrons. The van der Waals surface area contributed by atoms with E-state index in [0.717, 1.165) is 61.3 Å². The number of cyclic esters (lactones) is 1. The molecule has 1 aromatic carbocycles. The summed E-state index contributed by atoms with van der Waals surface area (Å²) in [6.07, 6.45) is 9.92. The number of Topliss-reactive ketones (excluding diaryl/α,β-unsaturated/α-hetero) is 1. The van der Waals surface area contributed by atoms with E-state index in [1.54, 1.807) is 17.2 Å². The first kappa shape index (κ1) is 33.7. The number of nitrogens with one attached hydrogen (secondary N) is 1. The third-order valence-electron chi connectivity index (χ3n) is 11.3. The third kappa shape index (κ3) is 6.98. The van der Waals surface area contributed by atoms with Gasteiger partial charge in [-0.15, -0.1) is 6.58 Å². The second-order valence-electron chi connectivity index (χ2n) is 14.7. The first-order valence-corrected chi connectivity index (χ1v) is 19.3. The van der Waals surface area contributed by atoms with Gasteiger partial charge < -0.3 is 14.4 Å². The zero-order chi connectivity index (χ0) is 34.3. The lowest BCUT2D eigenvalue weighted by Crippen LogP contribution is -2.48. The quantitative estimate of drug-likeness (QED) is 0.314. The Morgan fingerprint density at radius 3 is 2.61 bits per heavy atom. The van der Waals surface area contributed by atoms with Crippen molar-refractivity contribution in [2.45, 2.75) is 101 Å². The molecular formula is C37H45N3O8S. The first-order chi connectivity index (χ1) is 23.6. The maximum absolute atomic E-state index is 14.4. The van der Waals surface area contributed by atoms with Crippen LogP contribution in [0.25, 0.3) is 10.8 Å². The van der Waals surface area contributed by atoms with Crippen molar-refractivity contribution in [2.75, 3.05) is 13.2 Å². The average molecular weight is 692 g/mol. The number of esters is 1. The zero-order valence-electron chi connectivity index (χ0n) is 27.8. The van der Waals surface area contributed by atoms with Crippen molar-refractivity contribution in [3.05, 3.63) is 48.7 Å². The summed E-state index contributed by atoms with van der Waals surface area (Å²) in [5, 5.41) is 1.24. The molecule has 2 aliphatic heterocycles. The SMILES string of the molecule is C=C[C@@H]1C[C@]1(CC(=O)[C@@H]1C[C@@H]2CN1C(=O)[C@H](C1CCC1)CC(=O)OCCCCCc1ccc3ccnc(c3c1)O2)C(=O)NS(=O)(=O)C1CC1. The lowest BCUT2D eigenvalue weighted by molar-refractivity contribution is -0.152. The van der Waals surface area contributed by atoms with Gasteiger partial charge in [-0.1, -0.05) is 24.6 Å². The number of hydrogen-bond acceptors (Lipinski definition) is 9. The predicted octanol–water partition coefficient (Wildman–Crippen LogP) is 4.42. The van der Waals surface area contributed by atoms with E-state index >= 15 is 0 Å². The Labute approximate surface area is 287 Å². The van der Waals surface area contributed by atoms with E-state index in [1.165, 1.54) is 0 Å². The van der Waals surface area contributed by atoms with Crippen LogP contribution in [0.4, 0.5) is 0 Å². The monoisotopic (exact) mass is 691 g/mol. The molecule has 1 aromatic heterocycles. The van der Waals surface area contributed by atoms with Crippen molar-refractivity contribution >= 4 is 44.4 Å². The zero-order valence-corrected chi connectivity index (χ0v) is 28.6. The molecule has 12 heteroatoms. The molecule has 1 saturated heterocycles. The van der Waals surface area contributed by atoms with E-state index in [9.17, 15) is 27.6 Å². The summed E-state index contributed by atoms with van der Waals surface area (Å²) in [6, 6.07) is 7.21. The van der Waals surface area contributed by atoms with Gasteiger partial charge in [0.05, 0.1) is 42.2 Å². The van der Waals surface area contributed by atoms with Crippen LogP contribution in [-0.4, -0.2) is 72.4 Å². The summed E-state index contributed by atoms with van der Waals surface area (Å²) in [6.45, 7) is 4.23. The number of amides is 2. The van der Waals surface area contributed by atoms with E-state index in [4.69, 9.17) is 9.47 Å². The Kier molecular flexibility index (Phi) is 9.27. The summed E-state index contributed by atoms with van der Waals surface area (Å²) in [5.41, 5.74) is -0.109. The third-order valence-corrected chi connectivity index (χ3v) is 13.2. The fraction of sp³-hybridized carbons (Fsp3) is 0.595. The van der Waals surface area contributed by atoms with Gasteiger partial charge in [-0.25, -0.2) is 13.4 Å². The smallest absolute Gasteiger partial charge is 0.306 e. The number of rotatable bonds is 8. The van der Waals surface area contributed by atoms with Gasteiger partial charge in [-0.2, -0.15) is 0 Å². The first-order valence-electron chi connectivity index (χ1n) is 17.8. The van der Waals surface area contributed by atoms with Crippen LogP contribution >= 0.6 is 0 Å². The number of ether oxygens (including phenoxy) is 2. The van der Waals surface area contributed by atoms with E-state index in [-0.39, 0.29) is 49.3 Å². The van der Waals surface area contributed by atoms with Crippen molar-refractivity contribution in [3.8, 4) is 5.88 Å². The molecule has 4 bridgehead atoms. The van der Waals surface area contributed by atoms with Crippen LogP contribution in [0.3, 0.4) is 0 Å². The number of aromatic nitrogens is 1. The van der Waals surface area contributed by atoms with Crippen molar-refractivity contribution in [1.82, 2.24) is 14.6 Å². The average Bonchev–Trinajstić information content (AvgIpc) is 3.98. The Bertz CT molecular complexity index is 1770. The fourth-order valence-electron chi connectivity index (χ4n) is 7.88. The molecule has 0 radical (unpaired) electrons. The summed E-state index contributed by atoms with van der Waals surface area (Å²) < 4.78 is 39.7. The van der Waals surface area contributed by atoms with E-state index < -0.39 is 50.6 Å². The number of hydrogen-bond donors (Lipinski definition) is 1. The highest BCUT2D eigenvalue weighted by Crippen LogP contribution is 2.57. The molecule has 3 saturated carbocycles.